The summed E-state index contributed by atoms with van der Waals surface area (Å²) in [7, 11) is 0. The van der Waals surface area contributed by atoms with Crippen LogP contribution >= 0.6 is 0 Å². The molecule has 2 atom stereocenters. The molecule has 2 unspecified atom stereocenters. The van der Waals surface area contributed by atoms with E-state index in [2.05, 4.69) is 35.7 Å². The fourth-order valence-electron chi connectivity index (χ4n) is 4.07. The summed E-state index contributed by atoms with van der Waals surface area (Å²) in [5.41, 5.74) is 3.23. The summed E-state index contributed by atoms with van der Waals surface area (Å²) in [4.78, 5) is 0. The molecule has 2 heteroatoms. The van der Waals surface area contributed by atoms with E-state index >= 15 is 0 Å². The van der Waals surface area contributed by atoms with Crippen LogP contribution in [0.5, 0.6) is 0 Å². The molecule has 94 valence electrons. The molecule has 2 nitrogen and oxygen atoms in total. The summed E-state index contributed by atoms with van der Waals surface area (Å²) >= 11 is 0. The van der Waals surface area contributed by atoms with Crippen LogP contribution in [-0.4, -0.2) is 17.2 Å². The third kappa shape index (κ3) is 1.49. The van der Waals surface area contributed by atoms with Gasteiger partial charge in [-0.05, 0) is 48.8 Å². The number of benzene rings is 1. The molecule has 1 aromatic carbocycles. The van der Waals surface area contributed by atoms with E-state index < -0.39 is 5.60 Å². The lowest BCUT2D eigenvalue weighted by atomic mass is 9.78. The highest BCUT2D eigenvalue weighted by atomic mass is 16.3. The zero-order chi connectivity index (χ0) is 12.2. The van der Waals surface area contributed by atoms with Crippen molar-refractivity contribution in [2.45, 2.75) is 49.8 Å². The van der Waals surface area contributed by atoms with Gasteiger partial charge in [-0.1, -0.05) is 30.4 Å². The van der Waals surface area contributed by atoms with Gasteiger partial charge in [0.15, 0.2) is 0 Å². The van der Waals surface area contributed by atoms with Crippen LogP contribution in [0.4, 0.5) is 0 Å². The Balaban J connectivity index is 1.77. The average molecular weight is 241 g/mol. The molecule has 2 heterocycles. The van der Waals surface area contributed by atoms with Gasteiger partial charge in [-0.3, -0.25) is 0 Å². The zero-order valence-corrected chi connectivity index (χ0v) is 10.5. The molecule has 1 aliphatic carbocycles. The van der Waals surface area contributed by atoms with Crippen LogP contribution in [-0.2, 0) is 12.0 Å². The number of nitrogens with one attached hydrogen (secondary N) is 1. The predicted octanol–water partition coefficient (Wildman–Crippen LogP) is 2.36. The number of piperidine rings is 1. The summed E-state index contributed by atoms with van der Waals surface area (Å²) in [6.07, 6.45) is 9.56. The molecule has 2 bridgehead atoms. The van der Waals surface area contributed by atoms with E-state index in [9.17, 15) is 5.11 Å². The predicted molar refractivity (Wildman–Crippen MR) is 72.3 cm³/mol. The summed E-state index contributed by atoms with van der Waals surface area (Å²) in [5.74, 6) is 0. The van der Waals surface area contributed by atoms with E-state index in [1.165, 1.54) is 29.5 Å². The average Bonchev–Trinajstić information content (AvgIpc) is 2.95. The first-order valence-corrected chi connectivity index (χ1v) is 7.02. The maximum atomic E-state index is 11.1. The third-order valence-electron chi connectivity index (χ3n) is 4.84. The van der Waals surface area contributed by atoms with Crippen molar-refractivity contribution in [3.63, 3.8) is 0 Å². The fraction of sp³-hybridized carbons (Fsp3) is 0.500. The minimum Gasteiger partial charge on any atom is -0.385 e. The van der Waals surface area contributed by atoms with E-state index in [0.717, 1.165) is 19.3 Å². The molecule has 0 aromatic heterocycles. The third-order valence-corrected chi connectivity index (χ3v) is 4.84. The molecular weight excluding hydrogens is 222 g/mol. The number of hydrogen-bond acceptors (Lipinski definition) is 2. The Morgan fingerprint density at radius 1 is 1.17 bits per heavy atom. The van der Waals surface area contributed by atoms with Crippen LogP contribution < -0.4 is 5.32 Å². The van der Waals surface area contributed by atoms with E-state index in [1.54, 1.807) is 0 Å². The monoisotopic (exact) mass is 241 g/mol. The number of fused-ring (bicyclic) bond motifs is 3. The topological polar surface area (TPSA) is 32.3 Å². The van der Waals surface area contributed by atoms with Gasteiger partial charge in [0.1, 0.15) is 0 Å². The summed E-state index contributed by atoms with van der Waals surface area (Å²) < 4.78 is 0. The second-order valence-corrected chi connectivity index (χ2v) is 6.06. The molecule has 2 fully saturated rings. The van der Waals surface area contributed by atoms with E-state index in [0.29, 0.717) is 12.1 Å². The quantitative estimate of drug-likeness (QED) is 0.791. The minimum atomic E-state index is -0.603. The first-order valence-electron chi connectivity index (χ1n) is 7.02. The molecule has 2 N–H and O–H groups in total. The summed E-state index contributed by atoms with van der Waals surface area (Å²) in [5, 5.41) is 14.7. The van der Waals surface area contributed by atoms with Crippen molar-refractivity contribution in [3.05, 3.63) is 41.0 Å². The normalized spacial score (nSPS) is 36.9. The molecule has 0 saturated carbocycles. The number of rotatable bonds is 1. The summed E-state index contributed by atoms with van der Waals surface area (Å²) in [6.45, 7) is 0. The number of hydrogen-bond donors (Lipinski definition) is 2. The molecule has 2 aliphatic heterocycles. The molecule has 3 aliphatic rings. The van der Waals surface area contributed by atoms with Gasteiger partial charge < -0.3 is 10.4 Å². The lowest BCUT2D eigenvalue weighted by Crippen LogP contribution is -2.47. The van der Waals surface area contributed by atoms with Gasteiger partial charge >= 0.3 is 0 Å². The lowest BCUT2D eigenvalue weighted by molar-refractivity contribution is -0.0120. The molecule has 2 saturated heterocycles. The van der Waals surface area contributed by atoms with Gasteiger partial charge in [-0.2, -0.15) is 0 Å². The van der Waals surface area contributed by atoms with Crippen molar-refractivity contribution in [1.82, 2.24) is 5.32 Å². The van der Waals surface area contributed by atoms with Crippen LogP contribution in [0, 0.1) is 0 Å². The van der Waals surface area contributed by atoms with Gasteiger partial charge in [0.2, 0.25) is 0 Å². The second-order valence-electron chi connectivity index (χ2n) is 6.06. The van der Waals surface area contributed by atoms with E-state index in [4.69, 9.17) is 0 Å². The van der Waals surface area contributed by atoms with Gasteiger partial charge in [0.25, 0.3) is 0 Å². The maximum absolute atomic E-state index is 11.1. The number of aliphatic hydroxyl groups is 1. The van der Waals surface area contributed by atoms with Crippen LogP contribution in [0.1, 0.15) is 42.4 Å². The molecule has 0 spiro atoms. The zero-order valence-electron chi connectivity index (χ0n) is 10.5. The van der Waals surface area contributed by atoms with E-state index in [1.807, 2.05) is 0 Å². The van der Waals surface area contributed by atoms with Crippen LogP contribution in [0.2, 0.25) is 0 Å². The Bertz CT molecular complexity index is 508. The van der Waals surface area contributed by atoms with Crippen LogP contribution in [0.25, 0.3) is 6.08 Å². The van der Waals surface area contributed by atoms with Crippen molar-refractivity contribution >= 4 is 6.08 Å². The highest BCUT2D eigenvalue weighted by Crippen LogP contribution is 2.43. The SMILES string of the molecule is OC1(c2cccc3c2CC=C3)CC2CCC(C1)N2. The van der Waals surface area contributed by atoms with Gasteiger partial charge in [-0.15, -0.1) is 0 Å². The first-order chi connectivity index (χ1) is 8.74. The fourth-order valence-corrected chi connectivity index (χ4v) is 4.07. The van der Waals surface area contributed by atoms with Crippen molar-refractivity contribution in [2.24, 2.45) is 0 Å². The van der Waals surface area contributed by atoms with Gasteiger partial charge in [-0.25, -0.2) is 0 Å². The summed E-state index contributed by atoms with van der Waals surface area (Å²) in [6, 6.07) is 7.40. The van der Waals surface area contributed by atoms with Crippen LogP contribution in [0.15, 0.2) is 24.3 Å². The second kappa shape index (κ2) is 3.69. The van der Waals surface area contributed by atoms with Gasteiger partial charge in [0.05, 0.1) is 5.60 Å². The largest absolute Gasteiger partial charge is 0.385 e. The standard InChI is InChI=1S/C16H19NO/c18-16(9-12-7-8-13(10-16)17-12)15-6-2-4-11-3-1-5-14(11)15/h1-4,6,12-13,17-18H,5,7-10H2. The maximum Gasteiger partial charge on any atom is 0.0929 e. The van der Waals surface area contributed by atoms with E-state index in [-0.39, 0.29) is 0 Å². The highest BCUT2D eigenvalue weighted by molar-refractivity contribution is 5.62. The highest BCUT2D eigenvalue weighted by Gasteiger charge is 2.44. The van der Waals surface area contributed by atoms with Crippen LogP contribution in [0.3, 0.4) is 0 Å². The molecule has 0 amide bonds. The Hall–Kier alpha value is -1.12. The Kier molecular flexibility index (Phi) is 2.21. The lowest BCUT2D eigenvalue weighted by Gasteiger charge is -2.38. The molecule has 0 radical (unpaired) electrons. The molecule has 18 heavy (non-hydrogen) atoms. The molecule has 1 aromatic rings. The molecular formula is C16H19NO. The number of allylic oxidation sites excluding steroid dienone is 1. The van der Waals surface area contributed by atoms with Crippen molar-refractivity contribution in [3.8, 4) is 0 Å². The van der Waals surface area contributed by atoms with Crippen molar-refractivity contribution < 1.29 is 5.11 Å². The van der Waals surface area contributed by atoms with Crippen molar-refractivity contribution in [2.75, 3.05) is 0 Å². The Morgan fingerprint density at radius 2 is 1.94 bits per heavy atom. The van der Waals surface area contributed by atoms with Gasteiger partial charge in [0, 0.05) is 12.1 Å². The first kappa shape index (κ1) is 10.8. The Morgan fingerprint density at radius 3 is 2.72 bits per heavy atom. The Labute approximate surface area is 108 Å². The molecule has 4 rings (SSSR count). The smallest absolute Gasteiger partial charge is 0.0929 e. The minimum absolute atomic E-state index is 0.513. The van der Waals surface area contributed by atoms with Crippen molar-refractivity contribution in [1.29, 1.82) is 0 Å².